The van der Waals surface area contributed by atoms with Crippen LogP contribution in [0.1, 0.15) is 12.5 Å². The molecule has 1 atom stereocenters. The van der Waals surface area contributed by atoms with Gasteiger partial charge in [0.25, 0.3) is 0 Å². The highest BCUT2D eigenvalue weighted by atomic mass is 32.1. The van der Waals surface area contributed by atoms with Crippen molar-refractivity contribution < 1.29 is 9.13 Å². The molecule has 22 heavy (non-hydrogen) atoms. The van der Waals surface area contributed by atoms with Crippen molar-refractivity contribution in [2.24, 2.45) is 0 Å². The van der Waals surface area contributed by atoms with Crippen LogP contribution in [0.25, 0.3) is 0 Å². The molecule has 0 heterocycles. The molecule has 0 unspecified atom stereocenters. The molecule has 3 nitrogen and oxygen atoms in total. The number of nitrogens with one attached hydrogen (secondary N) is 2. The first-order chi connectivity index (χ1) is 10.5. The van der Waals surface area contributed by atoms with Crippen molar-refractivity contribution in [3.05, 3.63) is 59.9 Å². The Morgan fingerprint density at radius 2 is 2.00 bits per heavy atom. The van der Waals surface area contributed by atoms with E-state index in [1.165, 1.54) is 12.1 Å². The van der Waals surface area contributed by atoms with E-state index in [4.69, 9.17) is 17.0 Å². The third-order valence-corrected chi connectivity index (χ3v) is 3.26. The Kier molecular flexibility index (Phi) is 5.72. The van der Waals surface area contributed by atoms with Gasteiger partial charge in [-0.15, -0.1) is 0 Å². The molecular formula is C17H19FN2OS. The number of para-hydroxylation sites is 1. The first-order valence-electron chi connectivity index (χ1n) is 7.06. The van der Waals surface area contributed by atoms with Gasteiger partial charge >= 0.3 is 0 Å². The van der Waals surface area contributed by atoms with Crippen LogP contribution >= 0.6 is 12.2 Å². The number of rotatable bonds is 5. The predicted octanol–water partition coefficient (Wildman–Crippen LogP) is 3.89. The van der Waals surface area contributed by atoms with E-state index in [1.807, 2.05) is 38.1 Å². The average molecular weight is 318 g/mol. The molecule has 2 rings (SSSR count). The zero-order chi connectivity index (χ0) is 15.9. The topological polar surface area (TPSA) is 33.3 Å². The maximum absolute atomic E-state index is 13.1. The van der Waals surface area contributed by atoms with Gasteiger partial charge in [0.05, 0.1) is 6.04 Å². The second kappa shape index (κ2) is 7.75. The van der Waals surface area contributed by atoms with Crippen LogP contribution in [0.15, 0.2) is 48.5 Å². The summed E-state index contributed by atoms with van der Waals surface area (Å²) in [7, 11) is 0. The fraction of sp³-hybridized carbons (Fsp3) is 0.235. The summed E-state index contributed by atoms with van der Waals surface area (Å²) in [6.07, 6.45) is 0. The fourth-order valence-corrected chi connectivity index (χ4v) is 2.25. The van der Waals surface area contributed by atoms with Crippen LogP contribution in [0.5, 0.6) is 5.75 Å². The fourth-order valence-electron chi connectivity index (χ4n) is 1.93. The summed E-state index contributed by atoms with van der Waals surface area (Å²) in [5, 5.41) is 6.49. The number of anilines is 1. The highest BCUT2D eigenvalue weighted by molar-refractivity contribution is 7.80. The van der Waals surface area contributed by atoms with E-state index >= 15 is 0 Å². The summed E-state index contributed by atoms with van der Waals surface area (Å²) in [5.74, 6) is 0.559. The Bertz CT molecular complexity index is 648. The Morgan fingerprint density at radius 3 is 2.73 bits per heavy atom. The van der Waals surface area contributed by atoms with E-state index in [-0.39, 0.29) is 11.9 Å². The van der Waals surface area contributed by atoms with Crippen LogP contribution in [-0.4, -0.2) is 17.8 Å². The van der Waals surface area contributed by atoms with Crippen LogP contribution in [-0.2, 0) is 0 Å². The molecule has 2 aromatic rings. The first-order valence-corrected chi connectivity index (χ1v) is 7.47. The van der Waals surface area contributed by atoms with E-state index in [0.29, 0.717) is 17.4 Å². The highest BCUT2D eigenvalue weighted by Crippen LogP contribution is 2.16. The first kappa shape index (κ1) is 16.2. The molecule has 0 aliphatic heterocycles. The normalized spacial score (nSPS) is 11.6. The lowest BCUT2D eigenvalue weighted by molar-refractivity contribution is 0.285. The lowest BCUT2D eigenvalue weighted by atomic mass is 10.2. The second-order valence-electron chi connectivity index (χ2n) is 5.09. The van der Waals surface area contributed by atoms with Gasteiger partial charge in [0, 0.05) is 5.69 Å². The molecule has 0 amide bonds. The molecule has 0 spiro atoms. The number of aryl methyl sites for hydroxylation is 1. The number of ether oxygens (including phenoxy) is 1. The Morgan fingerprint density at radius 1 is 1.23 bits per heavy atom. The van der Waals surface area contributed by atoms with Crippen LogP contribution < -0.4 is 15.4 Å². The van der Waals surface area contributed by atoms with Gasteiger partial charge < -0.3 is 15.4 Å². The van der Waals surface area contributed by atoms with Gasteiger partial charge in [-0.25, -0.2) is 4.39 Å². The lowest BCUT2D eigenvalue weighted by Gasteiger charge is -2.18. The zero-order valence-electron chi connectivity index (χ0n) is 12.6. The van der Waals surface area contributed by atoms with Crippen LogP contribution in [0.4, 0.5) is 10.1 Å². The number of hydrogen-bond acceptors (Lipinski definition) is 2. The summed E-state index contributed by atoms with van der Waals surface area (Å²) in [5.41, 5.74) is 1.71. The molecule has 0 saturated heterocycles. The molecule has 116 valence electrons. The quantitative estimate of drug-likeness (QED) is 0.820. The molecule has 0 bridgehead atoms. The number of hydrogen-bond donors (Lipinski definition) is 2. The monoisotopic (exact) mass is 318 g/mol. The van der Waals surface area contributed by atoms with Gasteiger partial charge in [-0.2, -0.15) is 0 Å². The molecule has 5 heteroatoms. The third-order valence-electron chi connectivity index (χ3n) is 3.04. The standard InChI is InChI=1S/C17H19FN2OS/c1-12-6-3-4-9-16(12)21-11-13(2)19-17(22)20-15-8-5-7-14(18)10-15/h3-10,13H,11H2,1-2H3,(H2,19,20,22)/t13-/m1/s1. The second-order valence-corrected chi connectivity index (χ2v) is 5.49. The maximum atomic E-state index is 13.1. The van der Waals surface area contributed by atoms with Crippen LogP contribution in [0.2, 0.25) is 0 Å². The average Bonchev–Trinajstić information content (AvgIpc) is 2.46. The van der Waals surface area contributed by atoms with Gasteiger partial charge in [-0.1, -0.05) is 24.3 Å². The van der Waals surface area contributed by atoms with Crippen LogP contribution in [0, 0.1) is 12.7 Å². The molecule has 0 aliphatic rings. The molecular weight excluding hydrogens is 299 g/mol. The van der Waals surface area contributed by atoms with Crippen LogP contribution in [0.3, 0.4) is 0 Å². The Labute approximate surface area is 135 Å². The van der Waals surface area contributed by atoms with Gasteiger partial charge in [0.15, 0.2) is 5.11 Å². The number of benzene rings is 2. The summed E-state index contributed by atoms with van der Waals surface area (Å²) >= 11 is 5.21. The van der Waals surface area contributed by atoms with E-state index < -0.39 is 0 Å². The predicted molar refractivity (Wildman–Crippen MR) is 91.9 cm³/mol. The van der Waals surface area contributed by atoms with Crippen molar-refractivity contribution in [1.29, 1.82) is 0 Å². The molecule has 0 saturated carbocycles. The summed E-state index contributed by atoms with van der Waals surface area (Å²) in [6, 6.07) is 14.0. The summed E-state index contributed by atoms with van der Waals surface area (Å²) < 4.78 is 18.9. The molecule has 2 N–H and O–H groups in total. The van der Waals surface area contributed by atoms with Crippen molar-refractivity contribution >= 4 is 23.0 Å². The smallest absolute Gasteiger partial charge is 0.171 e. The van der Waals surface area contributed by atoms with Crippen molar-refractivity contribution in [2.75, 3.05) is 11.9 Å². The van der Waals surface area contributed by atoms with E-state index in [2.05, 4.69) is 10.6 Å². The van der Waals surface area contributed by atoms with Crippen molar-refractivity contribution in [3.63, 3.8) is 0 Å². The molecule has 0 aliphatic carbocycles. The Hall–Kier alpha value is -2.14. The molecule has 0 aromatic heterocycles. The lowest BCUT2D eigenvalue weighted by Crippen LogP contribution is -2.39. The highest BCUT2D eigenvalue weighted by Gasteiger charge is 2.07. The minimum atomic E-state index is -0.302. The largest absolute Gasteiger partial charge is 0.491 e. The van der Waals surface area contributed by atoms with E-state index in [1.54, 1.807) is 12.1 Å². The van der Waals surface area contributed by atoms with Crippen molar-refractivity contribution in [3.8, 4) is 5.75 Å². The molecule has 2 aromatic carbocycles. The zero-order valence-corrected chi connectivity index (χ0v) is 13.4. The number of halogens is 1. The Balaban J connectivity index is 1.80. The summed E-state index contributed by atoms with van der Waals surface area (Å²) in [6.45, 7) is 4.46. The van der Waals surface area contributed by atoms with Gasteiger partial charge in [-0.3, -0.25) is 0 Å². The van der Waals surface area contributed by atoms with E-state index in [0.717, 1.165) is 11.3 Å². The minimum Gasteiger partial charge on any atom is -0.491 e. The molecule has 0 fully saturated rings. The maximum Gasteiger partial charge on any atom is 0.171 e. The van der Waals surface area contributed by atoms with Gasteiger partial charge in [0.1, 0.15) is 18.2 Å². The van der Waals surface area contributed by atoms with Gasteiger partial charge in [0.2, 0.25) is 0 Å². The minimum absolute atomic E-state index is 0.0214. The van der Waals surface area contributed by atoms with Crippen molar-refractivity contribution in [1.82, 2.24) is 5.32 Å². The SMILES string of the molecule is Cc1ccccc1OC[C@@H](C)NC(=S)Nc1cccc(F)c1. The van der Waals surface area contributed by atoms with Crippen molar-refractivity contribution in [2.45, 2.75) is 19.9 Å². The molecule has 0 radical (unpaired) electrons. The summed E-state index contributed by atoms with van der Waals surface area (Å²) in [4.78, 5) is 0. The number of thiocarbonyl (C=S) groups is 1. The van der Waals surface area contributed by atoms with E-state index in [9.17, 15) is 4.39 Å². The third kappa shape index (κ3) is 5.00. The van der Waals surface area contributed by atoms with Gasteiger partial charge in [-0.05, 0) is 55.9 Å².